The SMILES string of the molecule is CCc1cc(Br)cc(CC)c1NC(=O)CC#N. The van der Waals surface area contributed by atoms with Gasteiger partial charge in [-0.2, -0.15) is 5.26 Å². The van der Waals surface area contributed by atoms with Gasteiger partial charge in [0, 0.05) is 10.2 Å². The smallest absolute Gasteiger partial charge is 0.238 e. The minimum atomic E-state index is -0.251. The summed E-state index contributed by atoms with van der Waals surface area (Å²) < 4.78 is 1.02. The van der Waals surface area contributed by atoms with Gasteiger partial charge in [-0.05, 0) is 36.1 Å². The summed E-state index contributed by atoms with van der Waals surface area (Å²) in [7, 11) is 0. The Morgan fingerprint density at radius 2 is 1.88 bits per heavy atom. The van der Waals surface area contributed by atoms with E-state index in [1.807, 2.05) is 32.0 Å². The van der Waals surface area contributed by atoms with Crippen molar-refractivity contribution in [1.29, 1.82) is 5.26 Å². The minimum Gasteiger partial charge on any atom is -0.325 e. The van der Waals surface area contributed by atoms with Crippen molar-refractivity contribution >= 4 is 27.5 Å². The van der Waals surface area contributed by atoms with E-state index in [0.717, 1.165) is 34.1 Å². The Kier molecular flexibility index (Phi) is 5.17. The summed E-state index contributed by atoms with van der Waals surface area (Å²) in [6.07, 6.45) is 1.57. The van der Waals surface area contributed by atoms with Gasteiger partial charge in [-0.3, -0.25) is 4.79 Å². The van der Waals surface area contributed by atoms with Gasteiger partial charge in [-0.15, -0.1) is 0 Å². The van der Waals surface area contributed by atoms with Crippen molar-refractivity contribution in [3.63, 3.8) is 0 Å². The van der Waals surface area contributed by atoms with E-state index in [1.165, 1.54) is 0 Å². The predicted molar refractivity (Wildman–Crippen MR) is 71.8 cm³/mol. The predicted octanol–water partition coefficient (Wildman–Crippen LogP) is 3.43. The molecule has 3 nitrogen and oxygen atoms in total. The van der Waals surface area contributed by atoms with Crippen LogP contribution in [0, 0.1) is 11.3 Å². The molecule has 0 aromatic heterocycles. The molecule has 4 heteroatoms. The zero-order valence-corrected chi connectivity index (χ0v) is 11.6. The molecule has 0 spiro atoms. The maximum absolute atomic E-state index is 11.5. The van der Waals surface area contributed by atoms with Gasteiger partial charge in [-0.25, -0.2) is 0 Å². The molecular formula is C13H15BrN2O. The number of nitriles is 1. The van der Waals surface area contributed by atoms with E-state index < -0.39 is 0 Å². The largest absolute Gasteiger partial charge is 0.325 e. The first-order valence-electron chi connectivity index (χ1n) is 5.60. The van der Waals surface area contributed by atoms with Crippen LogP contribution in [0.4, 0.5) is 5.69 Å². The summed E-state index contributed by atoms with van der Waals surface area (Å²) in [5.74, 6) is -0.251. The normalized spacial score (nSPS) is 9.76. The molecule has 1 rings (SSSR count). The Bertz CT molecular complexity index is 438. The molecule has 0 bridgehead atoms. The van der Waals surface area contributed by atoms with Crippen LogP contribution >= 0.6 is 15.9 Å². The standard InChI is InChI=1S/C13H15BrN2O/c1-3-9-7-11(14)8-10(4-2)13(9)16-12(17)5-6-15/h7-8H,3-5H2,1-2H3,(H,16,17). The molecule has 0 heterocycles. The first-order chi connectivity index (χ1) is 8.12. The molecule has 0 saturated carbocycles. The van der Waals surface area contributed by atoms with Gasteiger partial charge in [-0.1, -0.05) is 29.8 Å². The van der Waals surface area contributed by atoms with E-state index in [-0.39, 0.29) is 12.3 Å². The Labute approximate surface area is 110 Å². The van der Waals surface area contributed by atoms with Crippen molar-refractivity contribution in [3.8, 4) is 6.07 Å². The van der Waals surface area contributed by atoms with E-state index in [4.69, 9.17) is 5.26 Å². The van der Waals surface area contributed by atoms with E-state index in [1.54, 1.807) is 0 Å². The molecule has 17 heavy (non-hydrogen) atoms. The van der Waals surface area contributed by atoms with Crippen molar-refractivity contribution in [2.75, 3.05) is 5.32 Å². The fourth-order valence-corrected chi connectivity index (χ4v) is 2.25. The summed E-state index contributed by atoms with van der Waals surface area (Å²) in [4.78, 5) is 11.5. The second kappa shape index (κ2) is 6.41. The van der Waals surface area contributed by atoms with Crippen molar-refractivity contribution in [2.24, 2.45) is 0 Å². The molecule has 1 amide bonds. The molecule has 0 aliphatic carbocycles. The van der Waals surface area contributed by atoms with Crippen LogP contribution in [-0.4, -0.2) is 5.91 Å². The van der Waals surface area contributed by atoms with Gasteiger partial charge in [0.2, 0.25) is 5.91 Å². The highest BCUT2D eigenvalue weighted by atomic mass is 79.9. The van der Waals surface area contributed by atoms with E-state index in [0.29, 0.717) is 0 Å². The summed E-state index contributed by atoms with van der Waals surface area (Å²) in [5.41, 5.74) is 3.03. The molecule has 1 aromatic carbocycles. The fraction of sp³-hybridized carbons (Fsp3) is 0.385. The Balaban J connectivity index is 3.11. The van der Waals surface area contributed by atoms with Crippen LogP contribution in [0.1, 0.15) is 31.4 Å². The minimum absolute atomic E-state index is 0.109. The van der Waals surface area contributed by atoms with Crippen LogP contribution in [0.2, 0.25) is 0 Å². The van der Waals surface area contributed by atoms with E-state index >= 15 is 0 Å². The number of carbonyl (C=O) groups is 1. The molecule has 0 fully saturated rings. The summed E-state index contributed by atoms with van der Waals surface area (Å²) >= 11 is 3.46. The van der Waals surface area contributed by atoms with E-state index in [9.17, 15) is 4.79 Å². The second-order valence-electron chi connectivity index (χ2n) is 3.69. The van der Waals surface area contributed by atoms with Crippen molar-refractivity contribution < 1.29 is 4.79 Å². The van der Waals surface area contributed by atoms with Crippen molar-refractivity contribution in [2.45, 2.75) is 33.1 Å². The van der Waals surface area contributed by atoms with E-state index in [2.05, 4.69) is 21.2 Å². The van der Waals surface area contributed by atoms with Gasteiger partial charge in [0.25, 0.3) is 0 Å². The van der Waals surface area contributed by atoms with Gasteiger partial charge in [0.15, 0.2) is 0 Å². The molecular weight excluding hydrogens is 280 g/mol. The Hall–Kier alpha value is -1.34. The number of hydrogen-bond acceptors (Lipinski definition) is 2. The number of halogens is 1. The topological polar surface area (TPSA) is 52.9 Å². The summed E-state index contributed by atoms with van der Waals surface area (Å²) in [6, 6.07) is 5.86. The van der Waals surface area contributed by atoms with Crippen LogP contribution in [-0.2, 0) is 17.6 Å². The number of rotatable bonds is 4. The molecule has 90 valence electrons. The summed E-state index contributed by atoms with van der Waals surface area (Å²) in [6.45, 7) is 4.09. The Morgan fingerprint density at radius 1 is 1.35 bits per heavy atom. The number of benzene rings is 1. The van der Waals surface area contributed by atoms with Gasteiger partial charge >= 0.3 is 0 Å². The molecule has 0 saturated heterocycles. The maximum Gasteiger partial charge on any atom is 0.238 e. The third kappa shape index (κ3) is 3.57. The van der Waals surface area contributed by atoms with Crippen LogP contribution in [0.15, 0.2) is 16.6 Å². The third-order valence-corrected chi connectivity index (χ3v) is 2.99. The number of amides is 1. The molecule has 0 aliphatic heterocycles. The van der Waals surface area contributed by atoms with Crippen LogP contribution in [0.5, 0.6) is 0 Å². The van der Waals surface area contributed by atoms with Gasteiger partial charge < -0.3 is 5.32 Å². The zero-order chi connectivity index (χ0) is 12.8. The highest BCUT2D eigenvalue weighted by Gasteiger charge is 2.11. The Morgan fingerprint density at radius 3 is 2.29 bits per heavy atom. The second-order valence-corrected chi connectivity index (χ2v) is 4.60. The highest BCUT2D eigenvalue weighted by molar-refractivity contribution is 9.10. The lowest BCUT2D eigenvalue weighted by molar-refractivity contribution is -0.115. The lowest BCUT2D eigenvalue weighted by Gasteiger charge is -2.14. The maximum atomic E-state index is 11.5. The van der Waals surface area contributed by atoms with Gasteiger partial charge in [0.05, 0.1) is 6.07 Å². The lowest BCUT2D eigenvalue weighted by atomic mass is 10.0. The van der Waals surface area contributed by atoms with Gasteiger partial charge in [0.1, 0.15) is 6.42 Å². The summed E-state index contributed by atoms with van der Waals surface area (Å²) in [5, 5.41) is 11.3. The molecule has 1 aromatic rings. The zero-order valence-electron chi connectivity index (χ0n) is 10.0. The van der Waals surface area contributed by atoms with Crippen LogP contribution in [0.3, 0.4) is 0 Å². The average molecular weight is 295 g/mol. The number of hydrogen-bond donors (Lipinski definition) is 1. The van der Waals surface area contributed by atoms with Crippen molar-refractivity contribution in [1.82, 2.24) is 0 Å². The lowest BCUT2D eigenvalue weighted by Crippen LogP contribution is -2.13. The number of carbonyl (C=O) groups excluding carboxylic acids is 1. The number of nitrogens with zero attached hydrogens (tertiary/aromatic N) is 1. The fourth-order valence-electron chi connectivity index (χ4n) is 1.70. The third-order valence-electron chi connectivity index (χ3n) is 2.53. The molecule has 0 atom stereocenters. The monoisotopic (exact) mass is 294 g/mol. The number of anilines is 1. The van der Waals surface area contributed by atoms with Crippen molar-refractivity contribution in [3.05, 3.63) is 27.7 Å². The number of aryl methyl sites for hydroxylation is 2. The molecule has 0 unspecified atom stereocenters. The highest BCUT2D eigenvalue weighted by Crippen LogP contribution is 2.27. The molecule has 1 N–H and O–H groups in total. The molecule has 0 aliphatic rings. The first kappa shape index (κ1) is 13.7. The van der Waals surface area contributed by atoms with Crippen LogP contribution in [0.25, 0.3) is 0 Å². The van der Waals surface area contributed by atoms with Crippen LogP contribution < -0.4 is 5.32 Å². The average Bonchev–Trinajstić information content (AvgIpc) is 2.31. The quantitative estimate of drug-likeness (QED) is 0.925. The number of nitrogens with one attached hydrogen (secondary N) is 1. The molecule has 0 radical (unpaired) electrons. The first-order valence-corrected chi connectivity index (χ1v) is 6.39.